The van der Waals surface area contributed by atoms with Crippen molar-refractivity contribution >= 4 is 34.4 Å². The summed E-state index contributed by atoms with van der Waals surface area (Å²) in [6.07, 6.45) is 5.11. The van der Waals surface area contributed by atoms with Crippen LogP contribution in [0.3, 0.4) is 0 Å². The first-order chi connectivity index (χ1) is 19.3. The van der Waals surface area contributed by atoms with Crippen LogP contribution in [-0.2, 0) is 11.2 Å². The molecule has 0 radical (unpaired) electrons. The summed E-state index contributed by atoms with van der Waals surface area (Å²) >= 11 is 0. The molecule has 1 N–H and O–H groups in total. The molecule has 0 aliphatic rings. The maximum atomic E-state index is 13.6. The molecule has 0 aliphatic carbocycles. The molecule has 0 unspecified atom stereocenters. The van der Waals surface area contributed by atoms with Gasteiger partial charge in [-0.2, -0.15) is 0 Å². The van der Waals surface area contributed by atoms with Crippen LogP contribution in [0.5, 0.6) is 0 Å². The van der Waals surface area contributed by atoms with Crippen molar-refractivity contribution in [1.82, 2.24) is 19.5 Å². The van der Waals surface area contributed by atoms with Crippen molar-refractivity contribution in [2.75, 3.05) is 12.4 Å². The number of nitrogens with one attached hydrogen (secondary N) is 1. The summed E-state index contributed by atoms with van der Waals surface area (Å²) in [6.45, 7) is 0. The molecule has 3 aromatic heterocycles. The van der Waals surface area contributed by atoms with E-state index >= 15 is 0 Å². The van der Waals surface area contributed by atoms with Gasteiger partial charge in [-0.1, -0.05) is 12.1 Å². The number of pyridine rings is 2. The smallest absolute Gasteiger partial charge is 0.338 e. The van der Waals surface area contributed by atoms with Crippen LogP contribution in [0.2, 0.25) is 0 Å². The number of hydrogen-bond acceptors (Lipinski definition) is 9. The van der Waals surface area contributed by atoms with Gasteiger partial charge in [0.2, 0.25) is 0 Å². The number of esters is 1. The molecule has 12 nitrogen and oxygen atoms in total. The molecule has 5 rings (SSSR count). The zero-order valence-electron chi connectivity index (χ0n) is 21.0. The van der Waals surface area contributed by atoms with Crippen molar-refractivity contribution in [2.45, 2.75) is 6.42 Å². The average Bonchev–Trinajstić information content (AvgIpc) is 2.97. The summed E-state index contributed by atoms with van der Waals surface area (Å²) in [5.74, 6) is -1.52. The van der Waals surface area contributed by atoms with Crippen molar-refractivity contribution in [2.24, 2.45) is 0 Å². The minimum absolute atomic E-state index is 0.119. The number of aromatic nitrogens is 4. The maximum Gasteiger partial charge on any atom is 0.338 e. The number of carbonyl (C=O) groups excluding carboxylic acids is 2. The van der Waals surface area contributed by atoms with Crippen LogP contribution in [0.1, 0.15) is 32.0 Å². The number of methoxy groups -OCH3 is 1. The maximum absolute atomic E-state index is 13.6. The third-order valence-corrected chi connectivity index (χ3v) is 5.95. The lowest BCUT2D eigenvalue weighted by Gasteiger charge is -2.13. The summed E-state index contributed by atoms with van der Waals surface area (Å²) in [5, 5.41) is 14.0. The molecule has 0 bridgehead atoms. The Morgan fingerprint density at radius 3 is 2.58 bits per heavy atom. The highest BCUT2D eigenvalue weighted by Crippen LogP contribution is 2.22. The van der Waals surface area contributed by atoms with E-state index in [0.29, 0.717) is 22.5 Å². The quantitative estimate of drug-likeness (QED) is 0.186. The lowest BCUT2D eigenvalue weighted by atomic mass is 10.1. The van der Waals surface area contributed by atoms with E-state index in [9.17, 15) is 24.5 Å². The number of rotatable bonds is 7. The molecular weight excluding hydrogens is 516 g/mol. The minimum Gasteiger partial charge on any atom is -0.465 e. The number of hydrogen-bond donors (Lipinski definition) is 1. The zero-order valence-corrected chi connectivity index (χ0v) is 21.0. The topological polar surface area (TPSA) is 159 Å². The van der Waals surface area contributed by atoms with Gasteiger partial charge in [-0.15, -0.1) is 0 Å². The second kappa shape index (κ2) is 10.9. The molecule has 5 aromatic rings. The fraction of sp³-hybridized carbons (Fsp3) is 0.0714. The van der Waals surface area contributed by atoms with E-state index in [1.165, 1.54) is 10.6 Å². The number of nitro groups is 1. The summed E-state index contributed by atoms with van der Waals surface area (Å²) in [6, 6.07) is 16.9. The summed E-state index contributed by atoms with van der Waals surface area (Å²) in [5.41, 5.74) is 1.55. The molecule has 0 atom stereocenters. The molecule has 0 aliphatic heterocycles. The number of fused-ring (bicyclic) bond motifs is 1. The highest BCUT2D eigenvalue weighted by atomic mass is 16.6. The first kappa shape index (κ1) is 25.9. The largest absolute Gasteiger partial charge is 0.465 e. The van der Waals surface area contributed by atoms with Crippen LogP contribution in [0.25, 0.3) is 16.9 Å². The average molecular weight is 537 g/mol. The highest BCUT2D eigenvalue weighted by Gasteiger charge is 2.19. The van der Waals surface area contributed by atoms with Crippen molar-refractivity contribution in [1.29, 1.82) is 0 Å². The molecule has 198 valence electrons. The first-order valence-electron chi connectivity index (χ1n) is 11.9. The fourth-order valence-corrected chi connectivity index (χ4v) is 4.13. The third kappa shape index (κ3) is 5.27. The van der Waals surface area contributed by atoms with Gasteiger partial charge in [-0.25, -0.2) is 14.8 Å². The van der Waals surface area contributed by atoms with Gasteiger partial charge in [0, 0.05) is 48.4 Å². The first-order valence-corrected chi connectivity index (χ1v) is 11.9. The number of nitro benzene ring substituents is 1. The van der Waals surface area contributed by atoms with Crippen LogP contribution in [-0.4, -0.2) is 43.4 Å². The standard InChI is InChI=1S/C28H20N6O6/c1-40-28(37)19-12-18(13-22(14-19)34(38)39)26(35)31-20-6-2-7-21(15-20)33-25-23(8-4-10-30-25)32-24(27(33)36)11-17-5-3-9-29-16-17/h2-10,12-16H,11H2,1H3,(H,31,35). The van der Waals surface area contributed by atoms with E-state index < -0.39 is 22.5 Å². The summed E-state index contributed by atoms with van der Waals surface area (Å²) < 4.78 is 6.05. The van der Waals surface area contributed by atoms with Gasteiger partial charge in [0.1, 0.15) is 11.2 Å². The van der Waals surface area contributed by atoms with Gasteiger partial charge in [0.05, 0.1) is 23.3 Å². The molecule has 0 saturated carbocycles. The number of ether oxygens (including phenoxy) is 1. The van der Waals surface area contributed by atoms with E-state index in [2.05, 4.69) is 25.0 Å². The Hall–Kier alpha value is -5.78. The summed E-state index contributed by atoms with van der Waals surface area (Å²) in [7, 11) is 1.13. The number of carbonyl (C=O) groups is 2. The Morgan fingerprint density at radius 2 is 1.82 bits per heavy atom. The van der Waals surface area contributed by atoms with Gasteiger partial charge in [-0.05, 0) is 48.0 Å². The number of non-ortho nitro benzene ring substituents is 1. The predicted octanol–water partition coefficient (Wildman–Crippen LogP) is 3.71. The van der Waals surface area contributed by atoms with Gasteiger partial charge < -0.3 is 10.1 Å². The normalized spacial score (nSPS) is 10.7. The lowest BCUT2D eigenvalue weighted by Crippen LogP contribution is -2.25. The molecular formula is C28H20N6O6. The van der Waals surface area contributed by atoms with E-state index in [4.69, 9.17) is 0 Å². The molecule has 0 spiro atoms. The molecule has 1 amide bonds. The number of nitrogens with zero attached hydrogens (tertiary/aromatic N) is 5. The second-order valence-corrected chi connectivity index (χ2v) is 8.60. The third-order valence-electron chi connectivity index (χ3n) is 5.95. The van der Waals surface area contributed by atoms with Crippen molar-refractivity contribution in [3.63, 3.8) is 0 Å². The monoisotopic (exact) mass is 536 g/mol. The number of benzene rings is 2. The molecule has 2 aromatic carbocycles. The van der Waals surface area contributed by atoms with Crippen LogP contribution in [0.4, 0.5) is 11.4 Å². The van der Waals surface area contributed by atoms with Gasteiger partial charge in [0.15, 0.2) is 5.65 Å². The summed E-state index contributed by atoms with van der Waals surface area (Å²) in [4.78, 5) is 62.3. The molecule has 40 heavy (non-hydrogen) atoms. The van der Waals surface area contributed by atoms with E-state index in [-0.39, 0.29) is 28.8 Å². The van der Waals surface area contributed by atoms with Gasteiger partial charge in [0.25, 0.3) is 17.2 Å². The predicted molar refractivity (Wildman–Crippen MR) is 145 cm³/mol. The van der Waals surface area contributed by atoms with Crippen LogP contribution >= 0.6 is 0 Å². The zero-order chi connectivity index (χ0) is 28.2. The lowest BCUT2D eigenvalue weighted by molar-refractivity contribution is -0.384. The molecule has 0 fully saturated rings. The van der Waals surface area contributed by atoms with Crippen LogP contribution in [0.15, 0.2) is 90.1 Å². The fourth-order valence-electron chi connectivity index (χ4n) is 4.13. The SMILES string of the molecule is COC(=O)c1cc(C(=O)Nc2cccc(-n3c(=O)c(Cc4cccnc4)nc4cccnc43)c2)cc([N+](=O)[O-])c1. The van der Waals surface area contributed by atoms with Crippen LogP contribution in [0, 0.1) is 10.1 Å². The molecule has 12 heteroatoms. The Labute approximate surface area is 226 Å². The Kier molecular flexibility index (Phi) is 7.05. The van der Waals surface area contributed by atoms with E-state index in [1.54, 1.807) is 61.1 Å². The molecule has 3 heterocycles. The highest BCUT2D eigenvalue weighted by molar-refractivity contribution is 6.06. The molecule has 0 saturated heterocycles. The van der Waals surface area contributed by atoms with E-state index in [1.807, 2.05) is 6.07 Å². The Morgan fingerprint density at radius 1 is 1.02 bits per heavy atom. The van der Waals surface area contributed by atoms with E-state index in [0.717, 1.165) is 24.8 Å². The van der Waals surface area contributed by atoms with Gasteiger partial charge in [-0.3, -0.25) is 29.3 Å². The van der Waals surface area contributed by atoms with Gasteiger partial charge >= 0.3 is 5.97 Å². The van der Waals surface area contributed by atoms with Crippen LogP contribution < -0.4 is 10.9 Å². The number of amides is 1. The van der Waals surface area contributed by atoms with Crippen molar-refractivity contribution < 1.29 is 19.2 Å². The Bertz CT molecular complexity index is 1840. The Balaban J connectivity index is 1.54. The minimum atomic E-state index is -0.821. The van der Waals surface area contributed by atoms with Crippen molar-refractivity contribution in [3.8, 4) is 5.69 Å². The second-order valence-electron chi connectivity index (χ2n) is 8.60. The number of anilines is 1. The van der Waals surface area contributed by atoms with Crippen molar-refractivity contribution in [3.05, 3.63) is 128 Å².